The van der Waals surface area contributed by atoms with Gasteiger partial charge in [0.25, 0.3) is 0 Å². The van der Waals surface area contributed by atoms with Gasteiger partial charge in [-0.3, -0.25) is 9.59 Å². The zero-order chi connectivity index (χ0) is 16.2. The molecule has 0 spiro atoms. The van der Waals surface area contributed by atoms with E-state index >= 15 is 0 Å². The second-order valence-electron chi connectivity index (χ2n) is 6.66. The Morgan fingerprint density at radius 1 is 1.13 bits per heavy atom. The summed E-state index contributed by atoms with van der Waals surface area (Å²) in [4.78, 5) is 32.0. The lowest BCUT2D eigenvalue weighted by atomic mass is 9.81. The van der Waals surface area contributed by atoms with Crippen LogP contribution in [0.5, 0.6) is 0 Å². The number of carboxylic acid groups (broad SMARTS) is 1. The number of nitrogens with zero attached hydrogens (tertiary/aromatic N) is 2. The van der Waals surface area contributed by atoms with Crippen LogP contribution in [0, 0.1) is 11.8 Å². The number of carbonyl (C=O) groups excluding carboxylic acids is 1. The Morgan fingerprint density at radius 2 is 1.83 bits per heavy atom. The van der Waals surface area contributed by atoms with E-state index < -0.39 is 5.97 Å². The van der Waals surface area contributed by atoms with E-state index in [2.05, 4.69) is 15.3 Å². The molecule has 3 rings (SSSR count). The largest absolute Gasteiger partial charge is 0.481 e. The molecule has 1 aromatic rings. The molecule has 2 aliphatic carbocycles. The molecule has 2 aliphatic rings. The summed E-state index contributed by atoms with van der Waals surface area (Å²) in [5.74, 6) is 0.139. The zero-order valence-electron chi connectivity index (χ0n) is 13.2. The molecular weight excluding hydrogens is 294 g/mol. The van der Waals surface area contributed by atoms with Crippen LogP contribution in [0.15, 0.2) is 12.4 Å². The van der Waals surface area contributed by atoms with Crippen LogP contribution in [0.25, 0.3) is 0 Å². The highest BCUT2D eigenvalue weighted by Gasteiger charge is 2.30. The highest BCUT2D eigenvalue weighted by molar-refractivity contribution is 5.80. The molecule has 1 amide bonds. The molecule has 0 bridgehead atoms. The minimum absolute atomic E-state index is 0.0218. The minimum atomic E-state index is -0.782. The zero-order valence-corrected chi connectivity index (χ0v) is 13.2. The van der Waals surface area contributed by atoms with Crippen molar-refractivity contribution in [1.29, 1.82) is 0 Å². The van der Waals surface area contributed by atoms with Crippen molar-refractivity contribution in [3.63, 3.8) is 0 Å². The van der Waals surface area contributed by atoms with E-state index in [-0.39, 0.29) is 17.7 Å². The lowest BCUT2D eigenvalue weighted by molar-refractivity contribution is -0.144. The quantitative estimate of drug-likeness (QED) is 0.836. The van der Waals surface area contributed by atoms with Gasteiger partial charge in [-0.05, 0) is 44.1 Å². The van der Waals surface area contributed by atoms with Gasteiger partial charge in [0.05, 0.1) is 5.92 Å². The molecule has 2 N–H and O–H groups in total. The van der Waals surface area contributed by atoms with Crippen molar-refractivity contribution in [2.75, 3.05) is 6.54 Å². The summed E-state index contributed by atoms with van der Waals surface area (Å²) in [5, 5.41) is 12.0. The third-order valence-electron chi connectivity index (χ3n) is 4.77. The Labute approximate surface area is 135 Å². The fourth-order valence-electron chi connectivity index (χ4n) is 3.17. The number of amides is 1. The van der Waals surface area contributed by atoms with Crippen molar-refractivity contribution in [2.24, 2.45) is 11.8 Å². The van der Waals surface area contributed by atoms with Crippen molar-refractivity contribution >= 4 is 11.9 Å². The molecule has 6 nitrogen and oxygen atoms in total. The lowest BCUT2D eigenvalue weighted by Crippen LogP contribution is -2.36. The predicted octanol–water partition coefficient (Wildman–Crippen LogP) is 1.90. The van der Waals surface area contributed by atoms with E-state index in [0.29, 0.717) is 31.7 Å². The first kappa shape index (κ1) is 15.9. The first-order valence-electron chi connectivity index (χ1n) is 8.45. The number of nitrogens with one attached hydrogen (secondary N) is 1. The molecule has 2 fully saturated rings. The molecular formula is C17H23N3O3. The fourth-order valence-corrected chi connectivity index (χ4v) is 3.17. The van der Waals surface area contributed by atoms with Gasteiger partial charge < -0.3 is 10.4 Å². The fraction of sp³-hybridized carbons (Fsp3) is 0.647. The van der Waals surface area contributed by atoms with Crippen LogP contribution in [0.1, 0.15) is 55.8 Å². The van der Waals surface area contributed by atoms with Crippen LogP contribution >= 0.6 is 0 Å². The minimum Gasteiger partial charge on any atom is -0.481 e. The van der Waals surface area contributed by atoms with Crippen molar-refractivity contribution in [3.05, 3.63) is 23.8 Å². The van der Waals surface area contributed by atoms with Crippen LogP contribution in [-0.2, 0) is 16.0 Å². The van der Waals surface area contributed by atoms with Crippen LogP contribution in [0.4, 0.5) is 0 Å². The summed E-state index contributed by atoms with van der Waals surface area (Å²) >= 11 is 0. The first-order chi connectivity index (χ1) is 11.1. The van der Waals surface area contributed by atoms with Gasteiger partial charge in [0.15, 0.2) is 0 Å². The molecule has 124 valence electrons. The number of hydrogen-bond donors (Lipinski definition) is 2. The average molecular weight is 317 g/mol. The van der Waals surface area contributed by atoms with Crippen LogP contribution in [0.2, 0.25) is 0 Å². The Morgan fingerprint density at radius 3 is 2.48 bits per heavy atom. The molecule has 0 saturated heterocycles. The van der Waals surface area contributed by atoms with Crippen molar-refractivity contribution in [2.45, 2.75) is 50.9 Å². The Kier molecular flexibility index (Phi) is 4.88. The van der Waals surface area contributed by atoms with Crippen LogP contribution in [0.3, 0.4) is 0 Å². The molecule has 0 radical (unpaired) electrons. The van der Waals surface area contributed by atoms with Gasteiger partial charge in [-0.15, -0.1) is 0 Å². The number of carbonyl (C=O) groups is 2. The maximum Gasteiger partial charge on any atom is 0.306 e. The van der Waals surface area contributed by atoms with Crippen LogP contribution in [-0.4, -0.2) is 33.5 Å². The number of carboxylic acids is 1. The van der Waals surface area contributed by atoms with E-state index in [1.165, 1.54) is 12.8 Å². The summed E-state index contributed by atoms with van der Waals surface area (Å²) in [6.45, 7) is 0.541. The van der Waals surface area contributed by atoms with Gasteiger partial charge in [-0.2, -0.15) is 0 Å². The lowest BCUT2D eigenvalue weighted by Gasteiger charge is -2.25. The third-order valence-corrected chi connectivity index (χ3v) is 4.77. The average Bonchev–Trinajstić information content (AvgIpc) is 3.40. The van der Waals surface area contributed by atoms with Gasteiger partial charge in [-0.1, -0.05) is 6.42 Å². The molecule has 2 unspecified atom stereocenters. The predicted molar refractivity (Wildman–Crippen MR) is 83.8 cm³/mol. The molecule has 2 saturated carbocycles. The molecule has 6 heteroatoms. The number of aliphatic carboxylic acids is 1. The smallest absolute Gasteiger partial charge is 0.306 e. The second-order valence-corrected chi connectivity index (χ2v) is 6.66. The Bertz CT molecular complexity index is 569. The summed E-state index contributed by atoms with van der Waals surface area (Å²) < 4.78 is 0. The SMILES string of the molecule is O=C(O)C1CCCC(C(=O)NCCc2cnc(C3CC3)nc2)C1. The molecule has 0 aliphatic heterocycles. The monoisotopic (exact) mass is 317 g/mol. The highest BCUT2D eigenvalue weighted by Crippen LogP contribution is 2.37. The van der Waals surface area contributed by atoms with E-state index in [1.54, 1.807) is 0 Å². The Balaban J connectivity index is 1.42. The molecule has 0 aromatic carbocycles. The van der Waals surface area contributed by atoms with Crippen molar-refractivity contribution < 1.29 is 14.7 Å². The maximum atomic E-state index is 12.2. The van der Waals surface area contributed by atoms with Crippen molar-refractivity contribution in [3.8, 4) is 0 Å². The highest BCUT2D eigenvalue weighted by atomic mass is 16.4. The van der Waals surface area contributed by atoms with Gasteiger partial charge in [-0.25, -0.2) is 9.97 Å². The van der Waals surface area contributed by atoms with Gasteiger partial charge >= 0.3 is 5.97 Å². The van der Waals surface area contributed by atoms with Gasteiger partial charge in [0.1, 0.15) is 5.82 Å². The van der Waals surface area contributed by atoms with Crippen LogP contribution < -0.4 is 5.32 Å². The maximum absolute atomic E-state index is 12.2. The van der Waals surface area contributed by atoms with E-state index in [0.717, 1.165) is 24.2 Å². The first-order valence-corrected chi connectivity index (χ1v) is 8.45. The van der Waals surface area contributed by atoms with Gasteiger partial charge in [0, 0.05) is 30.8 Å². The molecule has 1 heterocycles. The summed E-state index contributed by atoms with van der Waals surface area (Å²) in [6.07, 6.45) is 9.50. The number of hydrogen-bond acceptors (Lipinski definition) is 4. The number of rotatable bonds is 6. The summed E-state index contributed by atoms with van der Waals surface area (Å²) in [5.41, 5.74) is 1.02. The molecule has 2 atom stereocenters. The van der Waals surface area contributed by atoms with E-state index in [1.807, 2.05) is 12.4 Å². The van der Waals surface area contributed by atoms with E-state index in [4.69, 9.17) is 5.11 Å². The standard InChI is InChI=1S/C17H23N3O3/c21-16(13-2-1-3-14(8-13)17(22)23)18-7-6-11-9-19-15(20-10-11)12-4-5-12/h9-10,12-14H,1-8H2,(H,18,21)(H,22,23). The Hall–Kier alpha value is -1.98. The topological polar surface area (TPSA) is 92.2 Å². The molecule has 23 heavy (non-hydrogen) atoms. The van der Waals surface area contributed by atoms with E-state index in [9.17, 15) is 9.59 Å². The second kappa shape index (κ2) is 7.06. The normalized spacial score (nSPS) is 24.2. The third kappa shape index (κ3) is 4.27. The summed E-state index contributed by atoms with van der Waals surface area (Å²) in [6, 6.07) is 0. The summed E-state index contributed by atoms with van der Waals surface area (Å²) in [7, 11) is 0. The van der Waals surface area contributed by atoms with Crippen molar-refractivity contribution in [1.82, 2.24) is 15.3 Å². The number of aromatic nitrogens is 2. The molecule has 1 aromatic heterocycles. The van der Waals surface area contributed by atoms with Gasteiger partial charge in [0.2, 0.25) is 5.91 Å².